The van der Waals surface area contributed by atoms with Gasteiger partial charge in [-0.25, -0.2) is 9.98 Å². The number of nitrogens with zero attached hydrogens (tertiary/aromatic N) is 2. The molecule has 0 unspecified atom stereocenters. The van der Waals surface area contributed by atoms with Gasteiger partial charge >= 0.3 is 0 Å². The Morgan fingerprint density at radius 1 is 0.900 bits per heavy atom. The lowest BCUT2D eigenvalue weighted by Gasteiger charge is -2.04. The fraction of sp³-hybridized carbons (Fsp3) is 0.0400. The third-order valence-electron chi connectivity index (χ3n) is 4.74. The van der Waals surface area contributed by atoms with Gasteiger partial charge in [-0.3, -0.25) is 0 Å². The van der Waals surface area contributed by atoms with E-state index in [1.165, 1.54) is 0 Å². The van der Waals surface area contributed by atoms with Gasteiger partial charge in [-0.2, -0.15) is 0 Å². The predicted octanol–water partition coefficient (Wildman–Crippen LogP) is 6.46. The lowest BCUT2D eigenvalue weighted by Crippen LogP contribution is -2.05. The minimum absolute atomic E-state index is 0.524. The van der Waals surface area contributed by atoms with Gasteiger partial charge in [-0.05, 0) is 24.3 Å². The normalized spacial score (nSPS) is 11.7. The van der Waals surface area contributed by atoms with E-state index in [9.17, 15) is 0 Å². The molecule has 0 aliphatic carbocycles. The Hall–Kier alpha value is -3.70. The summed E-state index contributed by atoms with van der Waals surface area (Å²) in [4.78, 5) is 9.65. The van der Waals surface area contributed by atoms with E-state index in [1.807, 2.05) is 66.7 Å². The quantitative estimate of drug-likeness (QED) is 0.341. The van der Waals surface area contributed by atoms with Gasteiger partial charge in [0, 0.05) is 22.4 Å². The molecule has 3 aromatic carbocycles. The molecule has 0 spiro atoms. The van der Waals surface area contributed by atoms with Crippen LogP contribution in [0.4, 0.5) is 5.69 Å². The van der Waals surface area contributed by atoms with Crippen molar-refractivity contribution < 1.29 is 9.15 Å². The number of methoxy groups -OCH3 is 1. The standard InChI is InChI=1S/C25H18N2O2S/c1-28-20-12-7-11-19(15-20)26-24-21(14-18-10-5-6-13-23(18)29-24)25-27-22(16-30-25)17-8-3-2-4-9-17/h2-16H,1H3. The summed E-state index contributed by atoms with van der Waals surface area (Å²) in [5, 5.41) is 3.94. The van der Waals surface area contributed by atoms with E-state index in [0.717, 1.165) is 44.2 Å². The Balaban J connectivity index is 1.70. The average Bonchev–Trinajstić information content (AvgIpc) is 3.29. The Bertz CT molecular complexity index is 1390. The van der Waals surface area contributed by atoms with E-state index in [4.69, 9.17) is 19.1 Å². The first-order chi connectivity index (χ1) is 14.8. The molecule has 0 bridgehead atoms. The summed E-state index contributed by atoms with van der Waals surface area (Å²) < 4.78 is 11.5. The second-order valence-corrected chi connectivity index (χ2v) is 7.58. The summed E-state index contributed by atoms with van der Waals surface area (Å²) in [6.45, 7) is 0. The second-order valence-electron chi connectivity index (χ2n) is 6.72. The summed E-state index contributed by atoms with van der Waals surface area (Å²) in [6, 6.07) is 27.8. The van der Waals surface area contributed by atoms with Crippen molar-refractivity contribution in [3.05, 3.63) is 95.9 Å². The first-order valence-corrected chi connectivity index (χ1v) is 10.4. The monoisotopic (exact) mass is 410 g/mol. The van der Waals surface area contributed by atoms with Crippen LogP contribution in [0.5, 0.6) is 5.75 Å². The van der Waals surface area contributed by atoms with E-state index in [-0.39, 0.29) is 0 Å². The highest BCUT2D eigenvalue weighted by Crippen LogP contribution is 2.29. The number of hydrogen-bond donors (Lipinski definition) is 0. The van der Waals surface area contributed by atoms with Crippen molar-refractivity contribution in [3.63, 3.8) is 0 Å². The largest absolute Gasteiger partial charge is 0.497 e. The van der Waals surface area contributed by atoms with E-state index < -0.39 is 0 Å². The van der Waals surface area contributed by atoms with Gasteiger partial charge < -0.3 is 9.15 Å². The van der Waals surface area contributed by atoms with Crippen LogP contribution in [-0.2, 0) is 0 Å². The molecule has 4 nitrogen and oxygen atoms in total. The molecule has 0 amide bonds. The summed E-state index contributed by atoms with van der Waals surface area (Å²) in [5.74, 6) is 0.749. The van der Waals surface area contributed by atoms with Crippen molar-refractivity contribution >= 4 is 28.0 Å². The SMILES string of the molecule is COc1cccc(N=c2oc3ccccc3cc2-c2nc(-c3ccccc3)cs2)c1. The van der Waals surface area contributed by atoms with Crippen LogP contribution >= 0.6 is 11.3 Å². The number of para-hydroxylation sites is 1. The molecule has 0 aliphatic rings. The maximum absolute atomic E-state index is 6.20. The summed E-state index contributed by atoms with van der Waals surface area (Å²) in [5.41, 5.74) is 4.96. The highest BCUT2D eigenvalue weighted by atomic mass is 32.1. The second kappa shape index (κ2) is 7.97. The Morgan fingerprint density at radius 3 is 2.60 bits per heavy atom. The maximum atomic E-state index is 6.20. The highest BCUT2D eigenvalue weighted by molar-refractivity contribution is 7.13. The minimum Gasteiger partial charge on any atom is -0.497 e. The van der Waals surface area contributed by atoms with Gasteiger partial charge in [0.15, 0.2) is 0 Å². The Labute approximate surface area is 177 Å². The lowest BCUT2D eigenvalue weighted by atomic mass is 10.1. The van der Waals surface area contributed by atoms with Crippen molar-refractivity contribution in [3.8, 4) is 27.6 Å². The van der Waals surface area contributed by atoms with Crippen LogP contribution in [0.2, 0.25) is 0 Å². The first kappa shape index (κ1) is 18.3. The first-order valence-electron chi connectivity index (χ1n) is 9.53. The summed E-state index contributed by atoms with van der Waals surface area (Å²) >= 11 is 1.58. The lowest BCUT2D eigenvalue weighted by molar-refractivity contribution is 0.415. The molecule has 2 heterocycles. The van der Waals surface area contributed by atoms with E-state index in [0.29, 0.717) is 5.55 Å². The molecule has 5 aromatic rings. The van der Waals surface area contributed by atoms with Gasteiger partial charge in [0.2, 0.25) is 5.55 Å². The molecule has 30 heavy (non-hydrogen) atoms. The van der Waals surface area contributed by atoms with Crippen LogP contribution in [0.1, 0.15) is 0 Å². The molecule has 5 rings (SSSR count). The number of rotatable bonds is 4. The molecule has 5 heteroatoms. The van der Waals surface area contributed by atoms with Crippen LogP contribution in [-0.4, -0.2) is 12.1 Å². The molecule has 146 valence electrons. The maximum Gasteiger partial charge on any atom is 0.230 e. The van der Waals surface area contributed by atoms with E-state index >= 15 is 0 Å². The molecular formula is C25H18N2O2S. The topological polar surface area (TPSA) is 47.6 Å². The van der Waals surface area contributed by atoms with Crippen LogP contribution in [0.15, 0.2) is 99.7 Å². The molecule has 0 radical (unpaired) electrons. The van der Waals surface area contributed by atoms with Crippen molar-refractivity contribution in [1.82, 2.24) is 4.98 Å². The molecule has 2 aromatic heterocycles. The number of fused-ring (bicyclic) bond motifs is 1. The van der Waals surface area contributed by atoms with Crippen molar-refractivity contribution in [2.45, 2.75) is 0 Å². The van der Waals surface area contributed by atoms with Crippen LogP contribution < -0.4 is 10.3 Å². The summed E-state index contributed by atoms with van der Waals surface area (Å²) in [6.07, 6.45) is 0. The molecule has 0 saturated heterocycles. The predicted molar refractivity (Wildman–Crippen MR) is 121 cm³/mol. The number of benzene rings is 3. The van der Waals surface area contributed by atoms with Crippen molar-refractivity contribution in [2.24, 2.45) is 4.99 Å². The highest BCUT2D eigenvalue weighted by Gasteiger charge is 2.12. The zero-order chi connectivity index (χ0) is 20.3. The molecule has 0 atom stereocenters. The smallest absolute Gasteiger partial charge is 0.230 e. The number of aromatic nitrogens is 1. The number of hydrogen-bond acceptors (Lipinski definition) is 5. The van der Waals surface area contributed by atoms with Gasteiger partial charge in [-0.15, -0.1) is 11.3 Å². The van der Waals surface area contributed by atoms with Crippen molar-refractivity contribution in [2.75, 3.05) is 7.11 Å². The van der Waals surface area contributed by atoms with Gasteiger partial charge in [0.1, 0.15) is 16.3 Å². The van der Waals surface area contributed by atoms with Gasteiger partial charge in [-0.1, -0.05) is 54.6 Å². The minimum atomic E-state index is 0.524. The van der Waals surface area contributed by atoms with Crippen LogP contribution in [0, 0.1) is 0 Å². The summed E-state index contributed by atoms with van der Waals surface area (Å²) in [7, 11) is 1.64. The van der Waals surface area contributed by atoms with Crippen LogP contribution in [0.3, 0.4) is 0 Å². The molecule has 0 saturated carbocycles. The average molecular weight is 410 g/mol. The number of thiazole rings is 1. The third-order valence-corrected chi connectivity index (χ3v) is 5.62. The Morgan fingerprint density at radius 2 is 1.73 bits per heavy atom. The third kappa shape index (κ3) is 3.63. The fourth-order valence-corrected chi connectivity index (χ4v) is 4.08. The van der Waals surface area contributed by atoms with Gasteiger partial charge in [0.25, 0.3) is 0 Å². The molecular weight excluding hydrogens is 392 g/mol. The number of ether oxygens (including phenoxy) is 1. The molecule has 0 aliphatic heterocycles. The fourth-order valence-electron chi connectivity index (χ4n) is 3.24. The van der Waals surface area contributed by atoms with Crippen LogP contribution in [0.25, 0.3) is 32.8 Å². The van der Waals surface area contributed by atoms with E-state index in [1.54, 1.807) is 18.4 Å². The molecule has 0 N–H and O–H groups in total. The molecule has 0 fully saturated rings. The van der Waals surface area contributed by atoms with Gasteiger partial charge in [0.05, 0.1) is 24.1 Å². The van der Waals surface area contributed by atoms with Crippen molar-refractivity contribution in [1.29, 1.82) is 0 Å². The zero-order valence-electron chi connectivity index (χ0n) is 16.3. The zero-order valence-corrected chi connectivity index (χ0v) is 17.1. The Kier molecular flexibility index (Phi) is 4.87. The van der Waals surface area contributed by atoms with E-state index in [2.05, 4.69) is 23.6 Å².